The predicted octanol–water partition coefficient (Wildman–Crippen LogP) is 1.86. The number of benzene rings is 1. The Labute approximate surface area is 122 Å². The largest absolute Gasteiger partial charge is 0.496 e. The van der Waals surface area contributed by atoms with Gasteiger partial charge in [-0.25, -0.2) is 5.10 Å². The number of para-hydroxylation sites is 1. The standard InChI is InChI=1S/C14H16N4O3/c1-3-21-14-16-13(17-18-14)15-12(19)9-8-10-6-4-5-7-11(10)20-2/h4-9H,3H2,1-2H3,(H2,15,16,17,18,19)/b9-8+. The summed E-state index contributed by atoms with van der Waals surface area (Å²) in [5, 5.41) is 8.91. The van der Waals surface area contributed by atoms with Crippen molar-refractivity contribution >= 4 is 17.9 Å². The fourth-order valence-electron chi connectivity index (χ4n) is 1.62. The zero-order chi connectivity index (χ0) is 15.1. The highest BCUT2D eigenvalue weighted by Crippen LogP contribution is 2.18. The number of hydrogen-bond donors (Lipinski definition) is 2. The number of aromatic amines is 1. The van der Waals surface area contributed by atoms with Crippen molar-refractivity contribution in [1.29, 1.82) is 0 Å². The number of nitrogens with zero attached hydrogens (tertiary/aromatic N) is 2. The summed E-state index contributed by atoms with van der Waals surface area (Å²) >= 11 is 0. The van der Waals surface area contributed by atoms with E-state index in [4.69, 9.17) is 9.47 Å². The molecule has 2 N–H and O–H groups in total. The second kappa shape index (κ2) is 7.09. The quantitative estimate of drug-likeness (QED) is 0.792. The van der Waals surface area contributed by atoms with Crippen molar-refractivity contribution in [3.8, 4) is 11.8 Å². The molecule has 0 unspecified atom stereocenters. The number of carbonyl (C=O) groups is 1. The number of aromatic nitrogens is 3. The van der Waals surface area contributed by atoms with Gasteiger partial charge in [-0.3, -0.25) is 10.1 Å². The topological polar surface area (TPSA) is 89.1 Å². The Morgan fingerprint density at radius 1 is 1.43 bits per heavy atom. The van der Waals surface area contributed by atoms with Gasteiger partial charge in [-0.15, -0.1) is 5.10 Å². The molecule has 7 nitrogen and oxygen atoms in total. The number of ether oxygens (including phenoxy) is 2. The van der Waals surface area contributed by atoms with Crippen LogP contribution in [0.4, 0.5) is 5.95 Å². The van der Waals surface area contributed by atoms with Crippen molar-refractivity contribution in [3.63, 3.8) is 0 Å². The summed E-state index contributed by atoms with van der Waals surface area (Å²) < 4.78 is 10.3. The van der Waals surface area contributed by atoms with E-state index in [1.54, 1.807) is 13.2 Å². The molecule has 2 rings (SSSR count). The van der Waals surface area contributed by atoms with Crippen LogP contribution in [0, 0.1) is 0 Å². The van der Waals surface area contributed by atoms with Crippen LogP contribution in [0.25, 0.3) is 6.08 Å². The van der Waals surface area contributed by atoms with Crippen LogP contribution in [0.5, 0.6) is 11.8 Å². The maximum absolute atomic E-state index is 11.8. The van der Waals surface area contributed by atoms with E-state index in [1.807, 2.05) is 31.2 Å². The number of methoxy groups -OCH3 is 1. The van der Waals surface area contributed by atoms with E-state index in [0.717, 1.165) is 5.56 Å². The molecule has 1 amide bonds. The Kier molecular flexibility index (Phi) is 4.92. The Hall–Kier alpha value is -2.83. The molecule has 1 heterocycles. The average molecular weight is 288 g/mol. The van der Waals surface area contributed by atoms with Gasteiger partial charge < -0.3 is 9.47 Å². The van der Waals surface area contributed by atoms with Crippen LogP contribution in [-0.4, -0.2) is 34.8 Å². The first kappa shape index (κ1) is 14.6. The maximum Gasteiger partial charge on any atom is 0.337 e. The third-order valence-electron chi connectivity index (χ3n) is 2.53. The fraction of sp³-hybridized carbons (Fsp3) is 0.214. The summed E-state index contributed by atoms with van der Waals surface area (Å²) in [7, 11) is 1.58. The lowest BCUT2D eigenvalue weighted by molar-refractivity contribution is -0.111. The Morgan fingerprint density at radius 2 is 2.24 bits per heavy atom. The van der Waals surface area contributed by atoms with Crippen LogP contribution in [0.1, 0.15) is 12.5 Å². The summed E-state index contributed by atoms with van der Waals surface area (Å²) in [5.74, 6) is 0.591. The van der Waals surface area contributed by atoms with Gasteiger partial charge in [-0.05, 0) is 19.1 Å². The molecule has 0 bridgehead atoms. The maximum atomic E-state index is 11.8. The fourth-order valence-corrected chi connectivity index (χ4v) is 1.62. The van der Waals surface area contributed by atoms with Gasteiger partial charge in [-0.1, -0.05) is 18.2 Å². The smallest absolute Gasteiger partial charge is 0.337 e. The number of carbonyl (C=O) groups excluding carboxylic acids is 1. The third-order valence-corrected chi connectivity index (χ3v) is 2.53. The van der Waals surface area contributed by atoms with E-state index in [-0.39, 0.29) is 17.9 Å². The normalized spacial score (nSPS) is 10.6. The van der Waals surface area contributed by atoms with Gasteiger partial charge in [0.05, 0.1) is 13.7 Å². The summed E-state index contributed by atoms with van der Waals surface area (Å²) in [6.45, 7) is 2.28. The third kappa shape index (κ3) is 4.07. The number of hydrogen-bond acceptors (Lipinski definition) is 5. The highest BCUT2D eigenvalue weighted by atomic mass is 16.5. The van der Waals surface area contributed by atoms with Crippen LogP contribution in [0.15, 0.2) is 30.3 Å². The van der Waals surface area contributed by atoms with Gasteiger partial charge in [0.25, 0.3) is 5.91 Å². The lowest BCUT2D eigenvalue weighted by Gasteiger charge is -2.03. The minimum absolute atomic E-state index is 0.196. The lowest BCUT2D eigenvalue weighted by Crippen LogP contribution is -2.09. The molecule has 0 aliphatic rings. The van der Waals surface area contributed by atoms with Gasteiger partial charge in [-0.2, -0.15) is 4.98 Å². The summed E-state index contributed by atoms with van der Waals surface area (Å²) in [6.07, 6.45) is 3.05. The molecular formula is C14H16N4O3. The van der Waals surface area contributed by atoms with Crippen LogP contribution in [0.3, 0.4) is 0 Å². The molecule has 0 saturated heterocycles. The lowest BCUT2D eigenvalue weighted by atomic mass is 10.2. The second-order valence-corrected chi connectivity index (χ2v) is 3.96. The van der Waals surface area contributed by atoms with Crippen molar-refractivity contribution < 1.29 is 14.3 Å². The van der Waals surface area contributed by atoms with E-state index >= 15 is 0 Å². The minimum atomic E-state index is -0.333. The number of H-pyrrole nitrogens is 1. The SMILES string of the molecule is CCOc1n[nH]c(NC(=O)/C=C/c2ccccc2OC)n1. The first-order valence-corrected chi connectivity index (χ1v) is 6.40. The van der Waals surface area contributed by atoms with E-state index in [2.05, 4.69) is 20.5 Å². The number of rotatable bonds is 6. The van der Waals surface area contributed by atoms with Crippen LogP contribution >= 0.6 is 0 Å². The van der Waals surface area contributed by atoms with E-state index in [1.165, 1.54) is 6.08 Å². The molecule has 0 aliphatic carbocycles. The summed E-state index contributed by atoms with van der Waals surface area (Å²) in [4.78, 5) is 15.7. The van der Waals surface area contributed by atoms with Crippen molar-refractivity contribution in [1.82, 2.24) is 15.2 Å². The van der Waals surface area contributed by atoms with Crippen LogP contribution in [-0.2, 0) is 4.79 Å². The monoisotopic (exact) mass is 288 g/mol. The highest BCUT2D eigenvalue weighted by molar-refractivity contribution is 6.01. The van der Waals surface area contributed by atoms with E-state index in [0.29, 0.717) is 12.4 Å². The van der Waals surface area contributed by atoms with Crippen LogP contribution < -0.4 is 14.8 Å². The molecule has 0 saturated carbocycles. The Bertz CT molecular complexity index is 637. The zero-order valence-corrected chi connectivity index (χ0v) is 11.8. The molecule has 2 aromatic rings. The first-order chi connectivity index (χ1) is 10.2. The second-order valence-electron chi connectivity index (χ2n) is 3.96. The first-order valence-electron chi connectivity index (χ1n) is 6.40. The van der Waals surface area contributed by atoms with Crippen molar-refractivity contribution in [2.75, 3.05) is 19.0 Å². The zero-order valence-electron chi connectivity index (χ0n) is 11.8. The molecular weight excluding hydrogens is 272 g/mol. The highest BCUT2D eigenvalue weighted by Gasteiger charge is 2.05. The van der Waals surface area contributed by atoms with Gasteiger partial charge in [0.1, 0.15) is 5.75 Å². The molecule has 1 aromatic heterocycles. The number of nitrogens with one attached hydrogen (secondary N) is 2. The van der Waals surface area contributed by atoms with Crippen LogP contribution in [0.2, 0.25) is 0 Å². The molecule has 7 heteroatoms. The van der Waals surface area contributed by atoms with Crippen molar-refractivity contribution in [2.45, 2.75) is 6.92 Å². The van der Waals surface area contributed by atoms with Crippen molar-refractivity contribution in [3.05, 3.63) is 35.9 Å². The molecule has 0 atom stereocenters. The Morgan fingerprint density at radius 3 is 3.00 bits per heavy atom. The molecule has 0 fully saturated rings. The molecule has 1 aromatic carbocycles. The van der Waals surface area contributed by atoms with Gasteiger partial charge in [0.15, 0.2) is 0 Å². The predicted molar refractivity (Wildman–Crippen MR) is 78.2 cm³/mol. The molecule has 21 heavy (non-hydrogen) atoms. The van der Waals surface area contributed by atoms with Crippen molar-refractivity contribution in [2.24, 2.45) is 0 Å². The minimum Gasteiger partial charge on any atom is -0.496 e. The molecule has 0 radical (unpaired) electrons. The molecule has 0 spiro atoms. The number of amides is 1. The average Bonchev–Trinajstić information content (AvgIpc) is 2.93. The summed E-state index contributed by atoms with van der Waals surface area (Å²) in [6, 6.07) is 7.60. The number of anilines is 1. The summed E-state index contributed by atoms with van der Waals surface area (Å²) in [5.41, 5.74) is 0.808. The molecule has 110 valence electrons. The molecule has 0 aliphatic heterocycles. The van der Waals surface area contributed by atoms with E-state index in [9.17, 15) is 4.79 Å². The Balaban J connectivity index is 1.98. The van der Waals surface area contributed by atoms with Gasteiger partial charge >= 0.3 is 6.01 Å². The van der Waals surface area contributed by atoms with Gasteiger partial charge in [0, 0.05) is 11.6 Å². The van der Waals surface area contributed by atoms with Gasteiger partial charge in [0.2, 0.25) is 5.95 Å². The van der Waals surface area contributed by atoms with E-state index < -0.39 is 0 Å².